The van der Waals surface area contributed by atoms with Crippen LogP contribution in [0.4, 0.5) is 35.1 Å². The summed E-state index contributed by atoms with van der Waals surface area (Å²) in [6.07, 6.45) is -11.4. The minimum Gasteiger partial charge on any atom is -0.369 e. The predicted octanol–water partition coefficient (Wildman–Crippen LogP) is 4.28. The number of nitrogens with one attached hydrogen (secondary N) is 2. The van der Waals surface area contributed by atoms with Gasteiger partial charge in [0.2, 0.25) is 17.7 Å². The fourth-order valence-corrected chi connectivity index (χ4v) is 4.43. The van der Waals surface area contributed by atoms with Gasteiger partial charge in [-0.05, 0) is 30.9 Å². The monoisotopic (exact) mass is 609 g/mol. The van der Waals surface area contributed by atoms with E-state index >= 15 is 0 Å². The maximum Gasteiger partial charge on any atom is 0.433 e. The van der Waals surface area contributed by atoms with Crippen LogP contribution in [0.3, 0.4) is 0 Å². The zero-order valence-corrected chi connectivity index (χ0v) is 21.4. The molecule has 2 atom stereocenters. The van der Waals surface area contributed by atoms with Crippen molar-refractivity contribution in [2.24, 2.45) is 5.92 Å². The number of carbonyl (C=O) groups excluding carboxylic acids is 2. The van der Waals surface area contributed by atoms with Crippen LogP contribution in [0.2, 0.25) is 0 Å². The molecular formula is C24H23F8N7O3. The van der Waals surface area contributed by atoms with E-state index in [1.807, 2.05) is 5.32 Å². The van der Waals surface area contributed by atoms with Crippen molar-refractivity contribution in [2.75, 3.05) is 0 Å². The first-order valence-electron chi connectivity index (χ1n) is 12.5. The van der Waals surface area contributed by atoms with E-state index in [1.165, 1.54) is 16.8 Å². The molecule has 0 saturated heterocycles. The fraction of sp³-hybridized carbons (Fsp3) is 0.500. The highest BCUT2D eigenvalue weighted by Gasteiger charge is 2.40. The highest BCUT2D eigenvalue weighted by Crippen LogP contribution is 2.41. The van der Waals surface area contributed by atoms with Crippen molar-refractivity contribution >= 4 is 17.5 Å². The second-order valence-electron chi connectivity index (χ2n) is 9.75. The standard InChI is InChI=1S/C24H23F8N7O3/c25-22(26)5-1-12(2-6-22)18(38-21(42)19-33-8-4-15(36-19)24(30,31)32)14-11-39-16(35-14)9-13(10-34-39)20(41)37-17(40)3-7-23(27,28)29/h4,8-12,18,20,41H,1-3,5-7H2,(H,37,40)(H,38,42)/t18-,20+/m0/s1. The second kappa shape index (κ2) is 11.7. The SMILES string of the molecule is O=C(CCC(F)(F)F)N[C@H](O)c1cnn2cc([C@@H](NC(=O)c3nccc(C(F)(F)F)n3)C3CCC(F)(F)CC3)nc2c1. The number of hydrogen-bond donors (Lipinski definition) is 3. The first-order chi connectivity index (χ1) is 19.5. The van der Waals surface area contributed by atoms with Crippen LogP contribution in [-0.2, 0) is 11.0 Å². The van der Waals surface area contributed by atoms with Gasteiger partial charge in [-0.25, -0.2) is 28.2 Å². The Hall–Kier alpha value is -3.96. The molecule has 10 nitrogen and oxygen atoms in total. The molecule has 1 aliphatic carbocycles. The van der Waals surface area contributed by atoms with Crippen molar-refractivity contribution in [2.45, 2.75) is 69.1 Å². The molecule has 4 rings (SSSR count). The van der Waals surface area contributed by atoms with Gasteiger partial charge in [0.25, 0.3) is 5.91 Å². The normalized spacial score (nSPS) is 17.5. The summed E-state index contributed by atoms with van der Waals surface area (Å²) in [6, 6.07) is 0.745. The topological polar surface area (TPSA) is 134 Å². The van der Waals surface area contributed by atoms with E-state index in [0.29, 0.717) is 6.07 Å². The Morgan fingerprint density at radius 3 is 2.43 bits per heavy atom. The van der Waals surface area contributed by atoms with Crippen LogP contribution in [0.25, 0.3) is 5.65 Å². The molecule has 3 heterocycles. The third-order valence-electron chi connectivity index (χ3n) is 6.60. The number of imidazole rings is 1. The summed E-state index contributed by atoms with van der Waals surface area (Å²) in [6.45, 7) is 0. The van der Waals surface area contributed by atoms with Crippen molar-refractivity contribution in [3.63, 3.8) is 0 Å². The Labute approximate surface area is 231 Å². The molecule has 0 spiro atoms. The molecule has 1 aliphatic rings. The summed E-state index contributed by atoms with van der Waals surface area (Å²) in [4.78, 5) is 35.8. The zero-order valence-electron chi connectivity index (χ0n) is 21.4. The van der Waals surface area contributed by atoms with Gasteiger partial charge in [-0.3, -0.25) is 9.59 Å². The molecule has 18 heteroatoms. The van der Waals surface area contributed by atoms with Crippen LogP contribution >= 0.6 is 0 Å². The van der Waals surface area contributed by atoms with E-state index in [0.717, 1.165) is 12.4 Å². The summed E-state index contributed by atoms with van der Waals surface area (Å²) in [5, 5.41) is 18.8. The van der Waals surface area contributed by atoms with E-state index in [2.05, 4.69) is 25.4 Å². The van der Waals surface area contributed by atoms with Crippen LogP contribution in [0.5, 0.6) is 0 Å². The average molecular weight is 609 g/mol. The Balaban J connectivity index is 1.58. The number of carbonyl (C=O) groups is 2. The Morgan fingerprint density at radius 1 is 1.10 bits per heavy atom. The molecule has 228 valence electrons. The van der Waals surface area contributed by atoms with Gasteiger partial charge in [0.05, 0.1) is 30.6 Å². The minimum atomic E-state index is -4.85. The first-order valence-corrected chi connectivity index (χ1v) is 12.5. The molecule has 0 aromatic carbocycles. The lowest BCUT2D eigenvalue weighted by atomic mass is 9.81. The highest BCUT2D eigenvalue weighted by molar-refractivity contribution is 5.90. The Kier molecular flexibility index (Phi) is 8.65. The molecule has 42 heavy (non-hydrogen) atoms. The lowest BCUT2D eigenvalue weighted by molar-refractivity contribution is -0.145. The summed E-state index contributed by atoms with van der Waals surface area (Å²) < 4.78 is 105. The van der Waals surface area contributed by atoms with Crippen molar-refractivity contribution in [3.8, 4) is 0 Å². The Bertz CT molecular complexity index is 1430. The van der Waals surface area contributed by atoms with E-state index < -0.39 is 85.5 Å². The Morgan fingerprint density at radius 2 is 1.79 bits per heavy atom. The number of aliphatic hydroxyl groups excluding tert-OH is 1. The van der Waals surface area contributed by atoms with Crippen LogP contribution in [0.1, 0.15) is 78.4 Å². The summed E-state index contributed by atoms with van der Waals surface area (Å²) in [7, 11) is 0. The largest absolute Gasteiger partial charge is 0.433 e. The molecular weight excluding hydrogens is 586 g/mol. The van der Waals surface area contributed by atoms with Gasteiger partial charge in [-0.15, -0.1) is 0 Å². The second-order valence-corrected chi connectivity index (χ2v) is 9.75. The summed E-state index contributed by atoms with van der Waals surface area (Å²) in [5.74, 6) is -6.51. The number of fused-ring (bicyclic) bond motifs is 1. The molecule has 1 saturated carbocycles. The van der Waals surface area contributed by atoms with Crippen LogP contribution in [0.15, 0.2) is 30.7 Å². The molecule has 0 radical (unpaired) electrons. The smallest absolute Gasteiger partial charge is 0.369 e. The van der Waals surface area contributed by atoms with Crippen molar-refractivity contribution in [1.82, 2.24) is 35.2 Å². The summed E-state index contributed by atoms with van der Waals surface area (Å²) in [5.41, 5.74) is -1.26. The predicted molar refractivity (Wildman–Crippen MR) is 126 cm³/mol. The van der Waals surface area contributed by atoms with Crippen LogP contribution < -0.4 is 10.6 Å². The maximum atomic E-state index is 13.9. The average Bonchev–Trinajstić information content (AvgIpc) is 3.33. The fourth-order valence-electron chi connectivity index (χ4n) is 4.43. The number of aliphatic hydroxyl groups is 1. The van der Waals surface area contributed by atoms with Crippen molar-refractivity contribution < 1.29 is 49.8 Å². The molecule has 3 aromatic heterocycles. The lowest BCUT2D eigenvalue weighted by Crippen LogP contribution is -2.38. The number of halogens is 8. The number of rotatable bonds is 8. The molecule has 0 unspecified atom stereocenters. The maximum absolute atomic E-state index is 13.9. The quantitative estimate of drug-likeness (QED) is 0.256. The van der Waals surface area contributed by atoms with E-state index in [1.54, 1.807) is 0 Å². The minimum absolute atomic E-state index is 0.0433. The van der Waals surface area contributed by atoms with Crippen LogP contribution in [0, 0.1) is 5.92 Å². The van der Waals surface area contributed by atoms with Crippen molar-refractivity contribution in [3.05, 3.63) is 53.5 Å². The van der Waals surface area contributed by atoms with E-state index in [4.69, 9.17) is 0 Å². The molecule has 3 N–H and O–H groups in total. The third-order valence-corrected chi connectivity index (χ3v) is 6.60. The van der Waals surface area contributed by atoms with Gasteiger partial charge >= 0.3 is 12.4 Å². The lowest BCUT2D eigenvalue weighted by Gasteiger charge is -2.33. The number of alkyl halides is 8. The van der Waals surface area contributed by atoms with E-state index in [-0.39, 0.29) is 29.7 Å². The number of amides is 2. The van der Waals surface area contributed by atoms with Gasteiger partial charge in [-0.2, -0.15) is 31.4 Å². The van der Waals surface area contributed by atoms with Gasteiger partial charge in [0, 0.05) is 31.0 Å². The molecule has 0 aliphatic heterocycles. The van der Waals surface area contributed by atoms with Gasteiger partial charge < -0.3 is 15.7 Å². The zero-order chi connectivity index (χ0) is 30.9. The molecule has 2 amide bonds. The molecule has 1 fully saturated rings. The third kappa shape index (κ3) is 7.86. The highest BCUT2D eigenvalue weighted by atomic mass is 19.4. The van der Waals surface area contributed by atoms with E-state index in [9.17, 15) is 49.8 Å². The van der Waals surface area contributed by atoms with Crippen LogP contribution in [-0.4, -0.2) is 53.6 Å². The van der Waals surface area contributed by atoms with Crippen molar-refractivity contribution in [1.29, 1.82) is 0 Å². The van der Waals surface area contributed by atoms with Gasteiger partial charge in [0.15, 0.2) is 11.9 Å². The van der Waals surface area contributed by atoms with Gasteiger partial charge in [-0.1, -0.05) is 0 Å². The first kappa shape index (κ1) is 31.0. The number of aromatic nitrogens is 5. The molecule has 3 aromatic rings. The number of hydrogen-bond acceptors (Lipinski definition) is 7. The summed E-state index contributed by atoms with van der Waals surface area (Å²) >= 11 is 0. The number of nitrogens with zero attached hydrogens (tertiary/aromatic N) is 5. The van der Waals surface area contributed by atoms with Gasteiger partial charge in [0.1, 0.15) is 5.69 Å². The molecule has 0 bridgehead atoms.